The lowest BCUT2D eigenvalue weighted by Crippen LogP contribution is -1.83. The Morgan fingerprint density at radius 3 is 2.12 bits per heavy atom. The van der Waals surface area contributed by atoms with Gasteiger partial charge in [-0.05, 0) is 30.3 Å². The zero-order valence-electron chi connectivity index (χ0n) is 8.46. The van der Waals surface area contributed by atoms with Crippen molar-refractivity contribution >= 4 is 0 Å². The maximum atomic E-state index is 5.39. The van der Waals surface area contributed by atoms with Crippen LogP contribution < -0.4 is 0 Å². The maximum Gasteiger partial charge on any atom is 0.136 e. The van der Waals surface area contributed by atoms with Crippen molar-refractivity contribution in [2.75, 3.05) is 0 Å². The Bertz CT molecular complexity index is 515. The van der Waals surface area contributed by atoms with Gasteiger partial charge in [0.2, 0.25) is 0 Å². The molecule has 0 aromatic carbocycles. The summed E-state index contributed by atoms with van der Waals surface area (Å²) < 4.78 is 10.8. The molecule has 0 aliphatic rings. The van der Waals surface area contributed by atoms with Crippen molar-refractivity contribution in [1.82, 2.24) is 4.98 Å². The second-order valence-electron chi connectivity index (χ2n) is 3.38. The lowest BCUT2D eigenvalue weighted by molar-refractivity contribution is 0.575. The van der Waals surface area contributed by atoms with Crippen LogP contribution in [0.25, 0.3) is 22.6 Å². The molecule has 3 nitrogen and oxygen atoms in total. The summed E-state index contributed by atoms with van der Waals surface area (Å²) in [6.07, 6.45) is 6.82. The van der Waals surface area contributed by atoms with Crippen LogP contribution in [0, 0.1) is 0 Å². The van der Waals surface area contributed by atoms with Gasteiger partial charge >= 0.3 is 0 Å². The second kappa shape index (κ2) is 3.70. The standard InChI is InChI=1S/C13H9NO2/c1-3-12(15-7-1)10-5-6-14-9-11(10)13-4-2-8-16-13/h1-9H. The molecule has 3 heteroatoms. The molecule has 78 valence electrons. The van der Waals surface area contributed by atoms with E-state index in [1.807, 2.05) is 30.3 Å². The Balaban J connectivity index is 2.19. The van der Waals surface area contributed by atoms with Crippen molar-refractivity contribution in [3.8, 4) is 22.6 Å². The molecule has 0 amide bonds. The molecular formula is C13H9NO2. The molecule has 0 aliphatic carbocycles. The summed E-state index contributed by atoms with van der Waals surface area (Å²) in [7, 11) is 0. The van der Waals surface area contributed by atoms with Crippen molar-refractivity contribution in [2.24, 2.45) is 0 Å². The molecule has 0 bridgehead atoms. The van der Waals surface area contributed by atoms with Crippen LogP contribution in [-0.4, -0.2) is 4.98 Å². The highest BCUT2D eigenvalue weighted by Gasteiger charge is 2.10. The fourth-order valence-electron chi connectivity index (χ4n) is 1.67. The third-order valence-corrected chi connectivity index (χ3v) is 2.39. The van der Waals surface area contributed by atoms with E-state index < -0.39 is 0 Å². The van der Waals surface area contributed by atoms with Crippen molar-refractivity contribution in [1.29, 1.82) is 0 Å². The molecular weight excluding hydrogens is 202 g/mol. The van der Waals surface area contributed by atoms with Crippen LogP contribution in [0.3, 0.4) is 0 Å². The molecule has 3 aromatic rings. The highest BCUT2D eigenvalue weighted by Crippen LogP contribution is 2.31. The topological polar surface area (TPSA) is 39.2 Å². The van der Waals surface area contributed by atoms with E-state index in [1.54, 1.807) is 24.9 Å². The Labute approximate surface area is 92.4 Å². The average Bonchev–Trinajstić information content (AvgIpc) is 3.03. The lowest BCUT2D eigenvalue weighted by atomic mass is 10.1. The molecule has 3 rings (SSSR count). The first-order valence-corrected chi connectivity index (χ1v) is 4.97. The predicted molar refractivity (Wildman–Crippen MR) is 59.6 cm³/mol. The maximum absolute atomic E-state index is 5.39. The Morgan fingerprint density at radius 2 is 1.50 bits per heavy atom. The van der Waals surface area contributed by atoms with Gasteiger partial charge in [0.15, 0.2) is 0 Å². The van der Waals surface area contributed by atoms with Crippen molar-refractivity contribution in [2.45, 2.75) is 0 Å². The minimum absolute atomic E-state index is 0.791. The predicted octanol–water partition coefficient (Wildman–Crippen LogP) is 3.60. The number of furan rings is 2. The summed E-state index contributed by atoms with van der Waals surface area (Å²) >= 11 is 0. The minimum Gasteiger partial charge on any atom is -0.464 e. The van der Waals surface area contributed by atoms with E-state index in [-0.39, 0.29) is 0 Å². The first-order chi connectivity index (χ1) is 7.95. The number of hydrogen-bond donors (Lipinski definition) is 0. The number of aromatic nitrogens is 1. The van der Waals surface area contributed by atoms with Crippen LogP contribution in [0.5, 0.6) is 0 Å². The van der Waals surface area contributed by atoms with Gasteiger partial charge < -0.3 is 8.83 Å². The summed E-state index contributed by atoms with van der Waals surface area (Å²) in [6.45, 7) is 0. The zero-order chi connectivity index (χ0) is 10.8. The van der Waals surface area contributed by atoms with Gasteiger partial charge in [-0.2, -0.15) is 0 Å². The number of hydrogen-bond acceptors (Lipinski definition) is 3. The first kappa shape index (κ1) is 8.97. The van der Waals surface area contributed by atoms with Gasteiger partial charge in [0.25, 0.3) is 0 Å². The van der Waals surface area contributed by atoms with Crippen molar-refractivity contribution in [3.05, 3.63) is 55.3 Å². The smallest absolute Gasteiger partial charge is 0.136 e. The molecule has 0 saturated heterocycles. The monoisotopic (exact) mass is 211 g/mol. The number of pyridine rings is 1. The lowest BCUT2D eigenvalue weighted by Gasteiger charge is -2.03. The molecule has 0 saturated carbocycles. The Hall–Kier alpha value is -2.29. The minimum atomic E-state index is 0.791. The molecule has 0 aliphatic heterocycles. The summed E-state index contributed by atoms with van der Waals surface area (Å²) in [5.41, 5.74) is 1.91. The SMILES string of the molecule is c1coc(-c2ccncc2-c2ccco2)c1. The third-order valence-electron chi connectivity index (χ3n) is 2.39. The van der Waals surface area contributed by atoms with E-state index in [4.69, 9.17) is 8.83 Å². The average molecular weight is 211 g/mol. The molecule has 3 heterocycles. The van der Waals surface area contributed by atoms with Crippen LogP contribution in [0.1, 0.15) is 0 Å². The van der Waals surface area contributed by atoms with E-state index in [0.717, 1.165) is 22.6 Å². The first-order valence-electron chi connectivity index (χ1n) is 4.97. The van der Waals surface area contributed by atoms with Crippen molar-refractivity contribution < 1.29 is 8.83 Å². The second-order valence-corrected chi connectivity index (χ2v) is 3.38. The number of nitrogens with zero attached hydrogens (tertiary/aromatic N) is 1. The van der Waals surface area contributed by atoms with Gasteiger partial charge in [0.05, 0.1) is 12.5 Å². The van der Waals surface area contributed by atoms with Crippen LogP contribution in [0.15, 0.2) is 64.1 Å². The third kappa shape index (κ3) is 1.42. The van der Waals surface area contributed by atoms with Gasteiger partial charge in [0.1, 0.15) is 11.5 Å². The van der Waals surface area contributed by atoms with Crippen molar-refractivity contribution in [3.63, 3.8) is 0 Å². The largest absolute Gasteiger partial charge is 0.464 e. The molecule has 0 atom stereocenters. The molecule has 0 radical (unpaired) electrons. The number of rotatable bonds is 2. The molecule has 0 N–H and O–H groups in total. The highest BCUT2D eigenvalue weighted by atomic mass is 16.3. The highest BCUT2D eigenvalue weighted by molar-refractivity contribution is 5.77. The normalized spacial score (nSPS) is 10.5. The van der Waals surface area contributed by atoms with Gasteiger partial charge in [-0.25, -0.2) is 0 Å². The van der Waals surface area contributed by atoms with Gasteiger partial charge in [-0.15, -0.1) is 0 Å². The molecule has 0 fully saturated rings. The Kier molecular flexibility index (Phi) is 2.07. The van der Waals surface area contributed by atoms with Crippen LogP contribution in [-0.2, 0) is 0 Å². The molecule has 3 aromatic heterocycles. The van der Waals surface area contributed by atoms with Gasteiger partial charge in [-0.3, -0.25) is 4.98 Å². The fourth-order valence-corrected chi connectivity index (χ4v) is 1.67. The summed E-state index contributed by atoms with van der Waals surface area (Å²) in [4.78, 5) is 4.11. The van der Waals surface area contributed by atoms with Crippen LogP contribution in [0.2, 0.25) is 0 Å². The Morgan fingerprint density at radius 1 is 0.812 bits per heavy atom. The molecule has 0 spiro atoms. The summed E-state index contributed by atoms with van der Waals surface area (Å²) in [5.74, 6) is 1.60. The molecule has 16 heavy (non-hydrogen) atoms. The van der Waals surface area contributed by atoms with Gasteiger partial charge in [-0.1, -0.05) is 0 Å². The van der Waals surface area contributed by atoms with E-state index in [0.29, 0.717) is 0 Å². The van der Waals surface area contributed by atoms with E-state index >= 15 is 0 Å². The van der Waals surface area contributed by atoms with E-state index in [9.17, 15) is 0 Å². The zero-order valence-corrected chi connectivity index (χ0v) is 8.46. The quantitative estimate of drug-likeness (QED) is 0.650. The molecule has 0 unspecified atom stereocenters. The van der Waals surface area contributed by atoms with Crippen LogP contribution in [0.4, 0.5) is 0 Å². The van der Waals surface area contributed by atoms with E-state index in [1.165, 1.54) is 0 Å². The van der Waals surface area contributed by atoms with E-state index in [2.05, 4.69) is 4.98 Å². The summed E-state index contributed by atoms with van der Waals surface area (Å²) in [5, 5.41) is 0. The fraction of sp³-hybridized carbons (Fsp3) is 0. The van der Waals surface area contributed by atoms with Gasteiger partial charge in [0, 0.05) is 23.5 Å². The van der Waals surface area contributed by atoms with Crippen LogP contribution >= 0.6 is 0 Å². The summed E-state index contributed by atoms with van der Waals surface area (Å²) in [6, 6.07) is 9.46.